The molecule has 0 saturated heterocycles. The molecule has 3 aromatic carbocycles. The molecule has 0 spiro atoms. The fourth-order valence-corrected chi connectivity index (χ4v) is 4.14. The average molecular weight is 514 g/mol. The van der Waals surface area contributed by atoms with Gasteiger partial charge in [-0.3, -0.25) is 9.78 Å². The Morgan fingerprint density at radius 1 is 0.974 bits per heavy atom. The van der Waals surface area contributed by atoms with Gasteiger partial charge in [-0.2, -0.15) is 0 Å². The third kappa shape index (κ3) is 5.15. The molecule has 0 aliphatic heterocycles. The van der Waals surface area contributed by atoms with Gasteiger partial charge in [-0.15, -0.1) is 0 Å². The Labute approximate surface area is 219 Å². The summed E-state index contributed by atoms with van der Waals surface area (Å²) in [6, 6.07) is 15.2. The second-order valence-corrected chi connectivity index (χ2v) is 8.52. The fraction of sp³-hybridized carbons (Fsp3) is 0.167. The third-order valence-corrected chi connectivity index (χ3v) is 6.13. The summed E-state index contributed by atoms with van der Waals surface area (Å²) in [5.74, 6) is -0.117. The maximum atomic E-state index is 13.8. The first-order chi connectivity index (χ1) is 18.3. The van der Waals surface area contributed by atoms with E-state index in [1.54, 1.807) is 30.3 Å². The third-order valence-electron chi connectivity index (χ3n) is 6.13. The highest BCUT2D eigenvalue weighted by atomic mass is 16.5. The fourth-order valence-electron chi connectivity index (χ4n) is 4.14. The number of aliphatic carboxylic acids is 1. The molecule has 4 aromatic rings. The highest BCUT2D eigenvalue weighted by Crippen LogP contribution is 2.41. The van der Waals surface area contributed by atoms with Crippen LogP contribution in [-0.4, -0.2) is 41.2 Å². The number of aromatic hydroxyl groups is 1. The number of fused-ring (bicyclic) bond motifs is 1. The molecular formula is C30H27NO7. The number of carbonyl (C=O) groups is 2. The lowest BCUT2D eigenvalue weighted by Crippen LogP contribution is -2.08. The number of phenolic OH excluding ortho intramolecular Hbond substituents is 1. The number of ketones is 1. The molecule has 8 nitrogen and oxygen atoms in total. The average Bonchev–Trinajstić information content (AvgIpc) is 2.92. The van der Waals surface area contributed by atoms with Crippen molar-refractivity contribution in [1.29, 1.82) is 0 Å². The van der Waals surface area contributed by atoms with Crippen LogP contribution in [0.2, 0.25) is 0 Å². The highest BCUT2D eigenvalue weighted by Gasteiger charge is 2.22. The molecule has 0 aliphatic rings. The summed E-state index contributed by atoms with van der Waals surface area (Å²) in [7, 11) is 2.90. The standard InChI is InChI=1S/C30H27NO7/c1-5-18-8-6-7-9-21(18)28(33)24-16-31-25-13-19(32)10-11-22(25)29(24)38-20-14-26(36-3)23(27(15-20)37-4)12-17(2)30(34)35/h6-16,32H,5H2,1-4H3,(H,34,35)/b17-12+. The number of pyridine rings is 1. The van der Waals surface area contributed by atoms with Gasteiger partial charge in [-0.1, -0.05) is 31.2 Å². The Kier molecular flexibility index (Phi) is 7.62. The molecule has 0 aliphatic carbocycles. The van der Waals surface area contributed by atoms with Gasteiger partial charge >= 0.3 is 5.97 Å². The number of aryl methyl sites for hydroxylation is 1. The summed E-state index contributed by atoms with van der Waals surface area (Å²) >= 11 is 0. The van der Waals surface area contributed by atoms with Crippen molar-refractivity contribution in [3.05, 3.63) is 88.6 Å². The number of hydrogen-bond donors (Lipinski definition) is 2. The lowest BCUT2D eigenvalue weighted by atomic mass is 9.96. The van der Waals surface area contributed by atoms with Crippen molar-refractivity contribution in [2.75, 3.05) is 14.2 Å². The molecular weight excluding hydrogens is 486 g/mol. The molecule has 8 heteroatoms. The van der Waals surface area contributed by atoms with Gasteiger partial charge in [0.05, 0.1) is 30.9 Å². The molecule has 1 heterocycles. The maximum absolute atomic E-state index is 13.8. The number of carbonyl (C=O) groups excluding carboxylic acids is 1. The van der Waals surface area contributed by atoms with E-state index in [0.717, 1.165) is 5.56 Å². The Morgan fingerprint density at radius 3 is 2.29 bits per heavy atom. The first-order valence-corrected chi connectivity index (χ1v) is 11.9. The maximum Gasteiger partial charge on any atom is 0.331 e. The van der Waals surface area contributed by atoms with Crippen molar-refractivity contribution >= 4 is 28.7 Å². The van der Waals surface area contributed by atoms with Crippen LogP contribution in [0.5, 0.6) is 28.7 Å². The molecule has 2 N–H and O–H groups in total. The zero-order valence-electron chi connectivity index (χ0n) is 21.4. The zero-order valence-corrected chi connectivity index (χ0v) is 21.4. The van der Waals surface area contributed by atoms with Gasteiger partial charge in [-0.25, -0.2) is 4.79 Å². The van der Waals surface area contributed by atoms with Gasteiger partial charge < -0.3 is 24.4 Å². The van der Waals surface area contributed by atoms with E-state index in [2.05, 4.69) is 4.98 Å². The lowest BCUT2D eigenvalue weighted by Gasteiger charge is -2.17. The monoisotopic (exact) mass is 513 g/mol. The van der Waals surface area contributed by atoms with Gasteiger partial charge in [0.15, 0.2) is 5.78 Å². The van der Waals surface area contributed by atoms with Gasteiger partial charge in [0.2, 0.25) is 0 Å². The van der Waals surface area contributed by atoms with E-state index >= 15 is 0 Å². The number of carboxylic acids is 1. The van der Waals surface area contributed by atoms with Crippen LogP contribution in [0, 0.1) is 0 Å². The topological polar surface area (TPSA) is 115 Å². The number of methoxy groups -OCH3 is 2. The smallest absolute Gasteiger partial charge is 0.331 e. The molecule has 38 heavy (non-hydrogen) atoms. The van der Waals surface area contributed by atoms with Crippen LogP contribution in [0.4, 0.5) is 0 Å². The van der Waals surface area contributed by atoms with Crippen LogP contribution in [0.15, 0.2) is 66.4 Å². The van der Waals surface area contributed by atoms with Crippen molar-refractivity contribution in [3.8, 4) is 28.7 Å². The Morgan fingerprint density at radius 2 is 1.66 bits per heavy atom. The van der Waals surface area contributed by atoms with Crippen LogP contribution >= 0.6 is 0 Å². The van der Waals surface area contributed by atoms with E-state index < -0.39 is 5.97 Å². The number of benzene rings is 3. The van der Waals surface area contributed by atoms with Crippen LogP contribution in [0.1, 0.15) is 40.9 Å². The van der Waals surface area contributed by atoms with Crippen LogP contribution in [-0.2, 0) is 11.2 Å². The lowest BCUT2D eigenvalue weighted by molar-refractivity contribution is -0.132. The van der Waals surface area contributed by atoms with E-state index in [0.29, 0.717) is 45.7 Å². The SMILES string of the molecule is CCc1ccccc1C(=O)c1cnc2cc(O)ccc2c1Oc1cc(OC)c(/C=C(\C)C(=O)O)c(OC)c1. The van der Waals surface area contributed by atoms with E-state index in [1.165, 1.54) is 45.5 Å². The van der Waals surface area contributed by atoms with Gasteiger partial charge in [0.25, 0.3) is 0 Å². The normalized spacial score (nSPS) is 11.3. The molecule has 0 unspecified atom stereocenters. The summed E-state index contributed by atoms with van der Waals surface area (Å²) in [6.45, 7) is 3.45. The Hall–Kier alpha value is -4.85. The molecule has 0 bridgehead atoms. The minimum atomic E-state index is -1.07. The van der Waals surface area contributed by atoms with E-state index in [1.807, 2.05) is 19.1 Å². The summed E-state index contributed by atoms with van der Waals surface area (Å²) in [5, 5.41) is 19.8. The molecule has 4 rings (SSSR count). The molecule has 0 radical (unpaired) electrons. The molecule has 1 aromatic heterocycles. The molecule has 0 saturated carbocycles. The number of ether oxygens (including phenoxy) is 3. The molecule has 0 fully saturated rings. The van der Waals surface area contributed by atoms with Gasteiger partial charge in [0, 0.05) is 40.9 Å². The van der Waals surface area contributed by atoms with Crippen molar-refractivity contribution in [3.63, 3.8) is 0 Å². The van der Waals surface area contributed by atoms with Crippen LogP contribution < -0.4 is 14.2 Å². The second kappa shape index (κ2) is 11.0. The van der Waals surface area contributed by atoms with Gasteiger partial charge in [0.1, 0.15) is 28.7 Å². The van der Waals surface area contributed by atoms with Crippen molar-refractivity contribution < 1.29 is 34.0 Å². The first-order valence-electron chi connectivity index (χ1n) is 11.9. The number of phenols is 1. The van der Waals surface area contributed by atoms with Crippen molar-refractivity contribution in [1.82, 2.24) is 4.98 Å². The number of aromatic nitrogens is 1. The number of nitrogens with zero attached hydrogens (tertiary/aromatic N) is 1. The molecule has 194 valence electrons. The second-order valence-electron chi connectivity index (χ2n) is 8.52. The number of rotatable bonds is 9. The highest BCUT2D eigenvalue weighted by molar-refractivity contribution is 6.14. The van der Waals surface area contributed by atoms with Crippen LogP contribution in [0.25, 0.3) is 17.0 Å². The minimum absolute atomic E-state index is 0.0274. The quantitative estimate of drug-likeness (QED) is 0.206. The Balaban J connectivity index is 1.91. The van der Waals surface area contributed by atoms with E-state index in [4.69, 9.17) is 14.2 Å². The zero-order chi connectivity index (χ0) is 27.4. The number of carboxylic acid groups (broad SMARTS) is 1. The summed E-state index contributed by atoms with van der Waals surface area (Å²) in [5.41, 5.74) is 2.64. The molecule has 0 atom stereocenters. The first kappa shape index (κ1) is 26.2. The largest absolute Gasteiger partial charge is 0.508 e. The number of hydrogen-bond acceptors (Lipinski definition) is 7. The predicted molar refractivity (Wildman–Crippen MR) is 144 cm³/mol. The molecule has 0 amide bonds. The van der Waals surface area contributed by atoms with Gasteiger partial charge in [-0.05, 0) is 37.1 Å². The summed E-state index contributed by atoms with van der Waals surface area (Å²) in [4.78, 5) is 29.5. The van der Waals surface area contributed by atoms with Crippen molar-refractivity contribution in [2.45, 2.75) is 20.3 Å². The minimum Gasteiger partial charge on any atom is -0.508 e. The summed E-state index contributed by atoms with van der Waals surface area (Å²) in [6.07, 6.45) is 3.56. The predicted octanol–water partition coefficient (Wildman–Crippen LogP) is 6.03. The van der Waals surface area contributed by atoms with E-state index in [-0.39, 0.29) is 28.4 Å². The summed E-state index contributed by atoms with van der Waals surface area (Å²) < 4.78 is 17.4. The van der Waals surface area contributed by atoms with E-state index in [9.17, 15) is 19.8 Å². The van der Waals surface area contributed by atoms with Crippen LogP contribution in [0.3, 0.4) is 0 Å². The van der Waals surface area contributed by atoms with Crippen molar-refractivity contribution in [2.24, 2.45) is 0 Å². The Bertz CT molecular complexity index is 1550.